The number of carbonyl (C=O) groups is 1. The highest BCUT2D eigenvalue weighted by Crippen LogP contribution is 2.48. The fraction of sp³-hybridized carbons (Fsp3) is 0.0909. The maximum absolute atomic E-state index is 13.2. The van der Waals surface area contributed by atoms with Gasteiger partial charge in [0.1, 0.15) is 28.2 Å². The minimum atomic E-state index is -0.532. The molecule has 0 bridgehead atoms. The quantitative estimate of drug-likeness (QED) is 0.171. The number of anilines is 1. The van der Waals surface area contributed by atoms with Gasteiger partial charge in [0.25, 0.3) is 5.91 Å². The van der Waals surface area contributed by atoms with Crippen molar-refractivity contribution in [3.8, 4) is 5.75 Å². The molecule has 2 aromatic heterocycles. The fourth-order valence-electron chi connectivity index (χ4n) is 2.95. The Balaban J connectivity index is 1.39. The van der Waals surface area contributed by atoms with E-state index in [1.54, 1.807) is 29.1 Å². The van der Waals surface area contributed by atoms with E-state index in [0.29, 0.717) is 17.9 Å². The van der Waals surface area contributed by atoms with Crippen LogP contribution >= 0.6 is 69.6 Å². The van der Waals surface area contributed by atoms with E-state index in [2.05, 4.69) is 10.4 Å². The van der Waals surface area contributed by atoms with Crippen LogP contribution in [0.2, 0.25) is 30.1 Å². The molecular weight excluding hydrogens is 586 g/mol. The molecule has 0 spiro atoms. The molecule has 4 rings (SSSR count). The summed E-state index contributed by atoms with van der Waals surface area (Å²) in [6.07, 6.45) is 1.65. The second-order valence-corrected chi connectivity index (χ2v) is 9.34. The highest BCUT2D eigenvalue weighted by molar-refractivity contribution is 6.55. The Morgan fingerprint density at radius 3 is 2.34 bits per heavy atom. The van der Waals surface area contributed by atoms with Gasteiger partial charge in [-0.15, -0.1) is 0 Å². The van der Waals surface area contributed by atoms with Crippen LogP contribution in [-0.2, 0) is 13.2 Å². The number of hydrogen-bond acceptors (Lipinski definition) is 4. The summed E-state index contributed by atoms with van der Waals surface area (Å²) in [5, 5.41) is 7.16. The first kappa shape index (κ1) is 25.9. The number of benzene rings is 2. The molecule has 182 valence electrons. The number of nitrogens with zero attached hydrogens (tertiary/aromatic N) is 2. The van der Waals surface area contributed by atoms with Crippen molar-refractivity contribution in [2.75, 3.05) is 5.32 Å². The third kappa shape index (κ3) is 5.82. The van der Waals surface area contributed by atoms with Gasteiger partial charge in [-0.2, -0.15) is 5.10 Å². The summed E-state index contributed by atoms with van der Waals surface area (Å²) in [6, 6.07) is 8.71. The number of ether oxygens (including phenoxy) is 1. The van der Waals surface area contributed by atoms with Crippen molar-refractivity contribution in [3.63, 3.8) is 0 Å². The van der Waals surface area contributed by atoms with Crippen LogP contribution in [0.5, 0.6) is 5.75 Å². The molecule has 0 atom stereocenters. The van der Waals surface area contributed by atoms with E-state index >= 15 is 0 Å². The van der Waals surface area contributed by atoms with Crippen molar-refractivity contribution < 1.29 is 18.3 Å². The zero-order valence-electron chi connectivity index (χ0n) is 17.2. The van der Waals surface area contributed by atoms with E-state index in [-0.39, 0.29) is 54.1 Å². The Hall–Kier alpha value is -2.13. The van der Waals surface area contributed by atoms with Gasteiger partial charge >= 0.3 is 0 Å². The van der Waals surface area contributed by atoms with E-state index in [0.717, 1.165) is 0 Å². The molecule has 2 aromatic carbocycles. The lowest BCUT2D eigenvalue weighted by Crippen LogP contribution is -2.12. The SMILES string of the molecule is O=C(Nc1ccn(Cc2ccc(F)cc2Cl)n1)c1ccc(COc2c(Cl)c(Cl)c(Cl)c(Cl)c2Cl)o1. The molecule has 13 heteroatoms. The van der Waals surface area contributed by atoms with Crippen molar-refractivity contribution in [2.45, 2.75) is 13.2 Å². The van der Waals surface area contributed by atoms with Crippen molar-refractivity contribution >= 4 is 81.3 Å². The van der Waals surface area contributed by atoms with E-state index in [9.17, 15) is 9.18 Å². The van der Waals surface area contributed by atoms with Gasteiger partial charge in [0.15, 0.2) is 17.3 Å². The number of hydrogen-bond donors (Lipinski definition) is 1. The highest BCUT2D eigenvalue weighted by atomic mass is 35.5. The summed E-state index contributed by atoms with van der Waals surface area (Å²) in [5.41, 5.74) is 0.674. The molecule has 2 heterocycles. The van der Waals surface area contributed by atoms with Crippen molar-refractivity contribution in [2.24, 2.45) is 0 Å². The first-order valence-corrected chi connectivity index (χ1v) is 11.9. The van der Waals surface area contributed by atoms with Gasteiger partial charge < -0.3 is 14.5 Å². The number of furan rings is 1. The number of rotatable bonds is 7. The topological polar surface area (TPSA) is 69.3 Å². The molecule has 0 radical (unpaired) electrons. The molecule has 0 aliphatic carbocycles. The van der Waals surface area contributed by atoms with Crippen LogP contribution in [0, 0.1) is 5.82 Å². The molecule has 4 aromatic rings. The Bertz CT molecular complexity index is 1390. The lowest BCUT2D eigenvalue weighted by Gasteiger charge is -2.12. The molecule has 0 aliphatic rings. The minimum Gasteiger partial charge on any atom is -0.482 e. The summed E-state index contributed by atoms with van der Waals surface area (Å²) in [5.74, 6) is -0.323. The molecule has 35 heavy (non-hydrogen) atoms. The lowest BCUT2D eigenvalue weighted by atomic mass is 10.2. The second kappa shape index (κ2) is 10.9. The Kier molecular flexibility index (Phi) is 8.06. The lowest BCUT2D eigenvalue weighted by molar-refractivity contribution is 0.0992. The molecule has 0 saturated carbocycles. The third-order valence-corrected chi connectivity index (χ3v) is 7.24. The molecule has 0 aliphatic heterocycles. The van der Waals surface area contributed by atoms with E-state index in [1.807, 2.05) is 0 Å². The number of amides is 1. The average Bonchev–Trinajstić information content (AvgIpc) is 3.48. The Morgan fingerprint density at radius 2 is 1.66 bits per heavy atom. The average molecular weight is 598 g/mol. The van der Waals surface area contributed by atoms with Gasteiger partial charge in [0.2, 0.25) is 0 Å². The van der Waals surface area contributed by atoms with Crippen LogP contribution in [0.3, 0.4) is 0 Å². The van der Waals surface area contributed by atoms with Crippen LogP contribution < -0.4 is 10.1 Å². The molecule has 1 N–H and O–H groups in total. The summed E-state index contributed by atoms with van der Waals surface area (Å²) in [4.78, 5) is 12.5. The van der Waals surface area contributed by atoms with Gasteiger partial charge in [-0.05, 0) is 29.8 Å². The van der Waals surface area contributed by atoms with Crippen molar-refractivity contribution in [1.29, 1.82) is 0 Å². The smallest absolute Gasteiger partial charge is 0.292 e. The highest BCUT2D eigenvalue weighted by Gasteiger charge is 2.21. The van der Waals surface area contributed by atoms with Gasteiger partial charge in [-0.1, -0.05) is 75.7 Å². The van der Waals surface area contributed by atoms with E-state index in [1.165, 1.54) is 18.2 Å². The summed E-state index contributed by atoms with van der Waals surface area (Å²) >= 11 is 36.4. The van der Waals surface area contributed by atoms with Gasteiger partial charge in [0, 0.05) is 17.3 Å². The summed E-state index contributed by atoms with van der Waals surface area (Å²) in [7, 11) is 0. The van der Waals surface area contributed by atoms with Crippen LogP contribution in [-0.4, -0.2) is 15.7 Å². The van der Waals surface area contributed by atoms with Gasteiger partial charge in [-0.3, -0.25) is 9.48 Å². The number of nitrogens with one attached hydrogen (secondary N) is 1. The van der Waals surface area contributed by atoms with Gasteiger partial charge in [-0.25, -0.2) is 4.39 Å². The predicted octanol–water partition coefficient (Wildman–Crippen LogP) is 8.42. The van der Waals surface area contributed by atoms with Crippen molar-refractivity contribution in [3.05, 3.63) is 95.6 Å². The normalized spacial score (nSPS) is 11.1. The third-order valence-electron chi connectivity index (χ3n) is 4.64. The van der Waals surface area contributed by atoms with Crippen LogP contribution in [0.25, 0.3) is 0 Å². The Morgan fingerprint density at radius 1 is 0.971 bits per heavy atom. The predicted molar refractivity (Wildman–Crippen MR) is 135 cm³/mol. The van der Waals surface area contributed by atoms with Crippen molar-refractivity contribution in [1.82, 2.24) is 9.78 Å². The minimum absolute atomic E-state index is 0.00150. The second-order valence-electron chi connectivity index (χ2n) is 7.04. The largest absolute Gasteiger partial charge is 0.482 e. The zero-order chi connectivity index (χ0) is 25.3. The molecule has 6 nitrogen and oxygen atoms in total. The standard InChI is InChI=1S/C22H12Cl6FN3O3/c23-13-7-11(29)2-1-10(13)8-32-6-5-15(31-32)30-22(33)14-4-3-12(35-14)9-34-21-19(27)17(25)16(24)18(26)20(21)28/h1-7H,8-9H2,(H,30,31,33). The first-order valence-electron chi connectivity index (χ1n) is 9.65. The molecule has 0 saturated heterocycles. The molecule has 0 unspecified atom stereocenters. The number of halogens is 7. The van der Waals surface area contributed by atoms with E-state index in [4.69, 9.17) is 78.8 Å². The Labute approximate surface area is 228 Å². The zero-order valence-corrected chi connectivity index (χ0v) is 21.8. The van der Waals surface area contributed by atoms with Gasteiger partial charge in [0.05, 0.1) is 21.6 Å². The summed E-state index contributed by atoms with van der Waals surface area (Å²) < 4.78 is 25.9. The number of carbonyl (C=O) groups excluding carboxylic acids is 1. The maximum atomic E-state index is 13.2. The molecular formula is C22H12Cl6FN3O3. The van der Waals surface area contributed by atoms with Crippen LogP contribution in [0.4, 0.5) is 10.2 Å². The van der Waals surface area contributed by atoms with E-state index < -0.39 is 11.7 Å². The first-order chi connectivity index (χ1) is 16.6. The summed E-state index contributed by atoms with van der Waals surface area (Å²) in [6.45, 7) is 0.176. The maximum Gasteiger partial charge on any atom is 0.292 e. The van der Waals surface area contributed by atoms with Crippen LogP contribution in [0.15, 0.2) is 47.0 Å². The molecule has 0 fully saturated rings. The van der Waals surface area contributed by atoms with Crippen LogP contribution in [0.1, 0.15) is 21.9 Å². The fourth-order valence-corrected chi connectivity index (χ4v) is 4.41. The molecule has 1 amide bonds. The number of aromatic nitrogens is 2. The monoisotopic (exact) mass is 595 g/mol.